The van der Waals surface area contributed by atoms with E-state index in [-0.39, 0.29) is 12.1 Å². The summed E-state index contributed by atoms with van der Waals surface area (Å²) < 4.78 is 0. The van der Waals surface area contributed by atoms with E-state index >= 15 is 0 Å². The van der Waals surface area contributed by atoms with Gasteiger partial charge in [0.2, 0.25) is 0 Å². The Hall–Kier alpha value is -1.03. The lowest BCUT2D eigenvalue weighted by molar-refractivity contribution is 0.159. The van der Waals surface area contributed by atoms with Gasteiger partial charge in [-0.1, -0.05) is 25.5 Å². The van der Waals surface area contributed by atoms with E-state index in [1.807, 2.05) is 6.92 Å². The number of urea groups is 1. The van der Waals surface area contributed by atoms with Crippen LogP contribution in [0.4, 0.5) is 4.79 Å². The monoisotopic (exact) mass is 226 g/mol. The molecule has 16 heavy (non-hydrogen) atoms. The van der Waals surface area contributed by atoms with Crippen molar-refractivity contribution in [2.45, 2.75) is 51.2 Å². The molecule has 0 aromatic heterocycles. The van der Waals surface area contributed by atoms with Crippen LogP contribution in [0.2, 0.25) is 0 Å². The minimum Gasteiger partial charge on any atom is -0.391 e. The van der Waals surface area contributed by atoms with E-state index in [4.69, 9.17) is 0 Å². The Bertz CT molecular complexity index is 241. The number of hydrogen-bond acceptors (Lipinski definition) is 2. The van der Waals surface area contributed by atoms with Crippen LogP contribution in [-0.2, 0) is 0 Å². The van der Waals surface area contributed by atoms with Crippen LogP contribution in [0.25, 0.3) is 0 Å². The van der Waals surface area contributed by atoms with Crippen molar-refractivity contribution >= 4 is 6.03 Å². The van der Waals surface area contributed by atoms with Gasteiger partial charge in [0, 0.05) is 12.6 Å². The third kappa shape index (κ3) is 5.16. The van der Waals surface area contributed by atoms with Crippen molar-refractivity contribution in [3.05, 3.63) is 12.2 Å². The summed E-state index contributed by atoms with van der Waals surface area (Å²) in [4.78, 5) is 11.5. The number of rotatable bonds is 5. The van der Waals surface area contributed by atoms with E-state index in [9.17, 15) is 9.90 Å². The normalized spacial score (nSPS) is 21.5. The molecule has 0 aliphatic heterocycles. The molecule has 3 N–H and O–H groups in total. The Labute approximate surface area is 97.1 Å². The van der Waals surface area contributed by atoms with Crippen LogP contribution < -0.4 is 10.6 Å². The van der Waals surface area contributed by atoms with Gasteiger partial charge >= 0.3 is 6.03 Å². The molecule has 2 unspecified atom stereocenters. The molecule has 0 saturated carbocycles. The summed E-state index contributed by atoms with van der Waals surface area (Å²) in [6.07, 6.45) is 8.41. The molecule has 0 bridgehead atoms. The van der Waals surface area contributed by atoms with Crippen molar-refractivity contribution in [1.29, 1.82) is 0 Å². The molecular formula is C12H22N2O2. The lowest BCUT2D eigenvalue weighted by Gasteiger charge is -2.20. The maximum Gasteiger partial charge on any atom is 0.315 e. The zero-order chi connectivity index (χ0) is 11.8. The molecule has 0 fully saturated rings. The third-order valence-corrected chi connectivity index (χ3v) is 2.72. The van der Waals surface area contributed by atoms with E-state index in [1.54, 1.807) is 0 Å². The van der Waals surface area contributed by atoms with Crippen LogP contribution in [0.3, 0.4) is 0 Å². The number of amides is 2. The summed E-state index contributed by atoms with van der Waals surface area (Å²) in [5.74, 6) is 0. The standard InChI is InChI=1S/C12H22N2O2/c1-2-6-11(15)9-13-12(16)14-10-7-4-3-5-8-10/h3-4,10-11,15H,2,5-9H2,1H3,(H2,13,14,16). The van der Waals surface area contributed by atoms with Crippen LogP contribution in [0, 0.1) is 0 Å². The smallest absolute Gasteiger partial charge is 0.315 e. The van der Waals surface area contributed by atoms with Crippen molar-refractivity contribution < 1.29 is 9.90 Å². The van der Waals surface area contributed by atoms with Crippen LogP contribution >= 0.6 is 0 Å². The van der Waals surface area contributed by atoms with Crippen LogP contribution in [0.1, 0.15) is 39.0 Å². The second kappa shape index (κ2) is 7.28. The van der Waals surface area contributed by atoms with Gasteiger partial charge < -0.3 is 15.7 Å². The van der Waals surface area contributed by atoms with Crippen molar-refractivity contribution in [1.82, 2.24) is 10.6 Å². The molecule has 0 aromatic carbocycles. The second-order valence-electron chi connectivity index (χ2n) is 4.28. The SMILES string of the molecule is CCCC(O)CNC(=O)NC1CC=CCC1. The lowest BCUT2D eigenvalue weighted by atomic mass is 10.0. The molecule has 1 aliphatic rings. The molecule has 4 nitrogen and oxygen atoms in total. The maximum atomic E-state index is 11.5. The predicted octanol–water partition coefficient (Wildman–Crippen LogP) is 1.56. The first kappa shape index (κ1) is 13.0. The topological polar surface area (TPSA) is 61.4 Å². The molecule has 2 amide bonds. The number of carbonyl (C=O) groups excluding carboxylic acids is 1. The van der Waals surface area contributed by atoms with Crippen LogP contribution in [-0.4, -0.2) is 29.8 Å². The minimum atomic E-state index is -0.429. The molecule has 2 atom stereocenters. The molecule has 4 heteroatoms. The Kier molecular flexibility index (Phi) is 5.93. The number of aliphatic hydroxyl groups excluding tert-OH is 1. The second-order valence-corrected chi connectivity index (χ2v) is 4.28. The molecule has 0 radical (unpaired) electrons. The number of nitrogens with one attached hydrogen (secondary N) is 2. The summed E-state index contributed by atoms with van der Waals surface area (Å²) in [5, 5.41) is 15.0. The van der Waals surface area contributed by atoms with Gasteiger partial charge in [0.05, 0.1) is 6.10 Å². The molecule has 92 valence electrons. The van der Waals surface area contributed by atoms with Gasteiger partial charge in [0.15, 0.2) is 0 Å². The Morgan fingerprint density at radius 1 is 1.56 bits per heavy atom. The van der Waals surface area contributed by atoms with Gasteiger partial charge in [-0.05, 0) is 25.7 Å². The summed E-state index contributed by atoms with van der Waals surface area (Å²) in [7, 11) is 0. The highest BCUT2D eigenvalue weighted by Gasteiger charge is 2.13. The van der Waals surface area contributed by atoms with Crippen LogP contribution in [0.15, 0.2) is 12.2 Å². The van der Waals surface area contributed by atoms with Crippen molar-refractivity contribution in [2.24, 2.45) is 0 Å². The third-order valence-electron chi connectivity index (χ3n) is 2.72. The van der Waals surface area contributed by atoms with Gasteiger partial charge in [-0.25, -0.2) is 4.79 Å². The number of allylic oxidation sites excluding steroid dienone is 1. The summed E-state index contributed by atoms with van der Waals surface area (Å²) in [6.45, 7) is 2.35. The van der Waals surface area contributed by atoms with E-state index in [2.05, 4.69) is 22.8 Å². The van der Waals surface area contributed by atoms with Gasteiger partial charge in [-0.15, -0.1) is 0 Å². The molecule has 1 aliphatic carbocycles. The van der Waals surface area contributed by atoms with Crippen molar-refractivity contribution in [3.63, 3.8) is 0 Å². The largest absolute Gasteiger partial charge is 0.391 e. The molecule has 0 saturated heterocycles. The quantitative estimate of drug-likeness (QED) is 0.623. The first-order chi connectivity index (χ1) is 7.72. The minimum absolute atomic E-state index is 0.171. The Morgan fingerprint density at radius 3 is 3.00 bits per heavy atom. The maximum absolute atomic E-state index is 11.5. The number of aliphatic hydroxyl groups is 1. The lowest BCUT2D eigenvalue weighted by Crippen LogP contribution is -2.44. The average Bonchev–Trinajstić information content (AvgIpc) is 2.28. The van der Waals surface area contributed by atoms with Gasteiger partial charge in [0.1, 0.15) is 0 Å². The Balaban J connectivity index is 2.12. The zero-order valence-electron chi connectivity index (χ0n) is 9.91. The average molecular weight is 226 g/mol. The fourth-order valence-electron chi connectivity index (χ4n) is 1.81. The van der Waals surface area contributed by atoms with E-state index in [1.165, 1.54) is 0 Å². The van der Waals surface area contributed by atoms with Crippen LogP contribution in [0.5, 0.6) is 0 Å². The fourth-order valence-corrected chi connectivity index (χ4v) is 1.81. The number of carbonyl (C=O) groups is 1. The van der Waals surface area contributed by atoms with E-state index in [0.717, 1.165) is 32.1 Å². The molecule has 1 rings (SSSR count). The van der Waals surface area contributed by atoms with E-state index < -0.39 is 6.10 Å². The summed E-state index contributed by atoms with van der Waals surface area (Å²) in [5.41, 5.74) is 0. The highest BCUT2D eigenvalue weighted by molar-refractivity contribution is 5.74. The van der Waals surface area contributed by atoms with Gasteiger partial charge in [-0.3, -0.25) is 0 Å². The molecular weight excluding hydrogens is 204 g/mol. The van der Waals surface area contributed by atoms with E-state index in [0.29, 0.717) is 6.54 Å². The highest BCUT2D eigenvalue weighted by Crippen LogP contribution is 2.09. The molecule has 0 spiro atoms. The highest BCUT2D eigenvalue weighted by atomic mass is 16.3. The first-order valence-corrected chi connectivity index (χ1v) is 6.09. The fraction of sp³-hybridized carbons (Fsp3) is 0.750. The number of hydrogen-bond donors (Lipinski definition) is 3. The Morgan fingerprint density at radius 2 is 2.38 bits per heavy atom. The predicted molar refractivity (Wildman–Crippen MR) is 64.2 cm³/mol. The van der Waals surface area contributed by atoms with Crippen molar-refractivity contribution in [3.8, 4) is 0 Å². The van der Waals surface area contributed by atoms with Gasteiger partial charge in [-0.2, -0.15) is 0 Å². The first-order valence-electron chi connectivity index (χ1n) is 6.09. The zero-order valence-corrected chi connectivity index (χ0v) is 9.91. The van der Waals surface area contributed by atoms with Gasteiger partial charge in [0.25, 0.3) is 0 Å². The summed E-state index contributed by atoms with van der Waals surface area (Å²) >= 11 is 0. The van der Waals surface area contributed by atoms with Crippen molar-refractivity contribution in [2.75, 3.05) is 6.54 Å². The summed E-state index contributed by atoms with van der Waals surface area (Å²) in [6, 6.07) is 0.0729. The molecule has 0 heterocycles. The molecule has 0 aromatic rings.